The lowest BCUT2D eigenvalue weighted by Crippen LogP contribution is -2.39. The van der Waals surface area contributed by atoms with Crippen LogP contribution in [0.4, 0.5) is 11.4 Å². The van der Waals surface area contributed by atoms with Gasteiger partial charge in [-0.05, 0) is 74.9 Å². The Balaban J connectivity index is 1.31. The SMILES string of the molecule is O=C(Nc1ccc(N2CCC(C3CCNCC3)CC2)cc1)c1nccs1. The van der Waals surface area contributed by atoms with Crippen LogP contribution < -0.4 is 15.5 Å². The highest BCUT2D eigenvalue weighted by molar-refractivity contribution is 7.11. The largest absolute Gasteiger partial charge is 0.372 e. The number of piperidine rings is 2. The van der Waals surface area contributed by atoms with E-state index in [0.717, 1.165) is 30.6 Å². The van der Waals surface area contributed by atoms with Crippen molar-refractivity contribution >= 4 is 28.6 Å². The van der Waals surface area contributed by atoms with Crippen LogP contribution in [0.1, 0.15) is 35.5 Å². The van der Waals surface area contributed by atoms with Crippen molar-refractivity contribution in [2.45, 2.75) is 25.7 Å². The first-order valence-electron chi connectivity index (χ1n) is 9.56. The normalized spacial score (nSPS) is 19.5. The Morgan fingerprint density at radius 2 is 1.77 bits per heavy atom. The number of rotatable bonds is 4. The van der Waals surface area contributed by atoms with Crippen LogP contribution in [-0.4, -0.2) is 37.1 Å². The van der Waals surface area contributed by atoms with Gasteiger partial charge in [-0.2, -0.15) is 0 Å². The number of nitrogens with zero attached hydrogens (tertiary/aromatic N) is 2. The molecule has 6 heteroatoms. The van der Waals surface area contributed by atoms with E-state index in [1.165, 1.54) is 55.8 Å². The number of nitrogens with one attached hydrogen (secondary N) is 2. The van der Waals surface area contributed by atoms with Crippen molar-refractivity contribution in [1.29, 1.82) is 0 Å². The Morgan fingerprint density at radius 1 is 1.08 bits per heavy atom. The third kappa shape index (κ3) is 4.07. The quantitative estimate of drug-likeness (QED) is 0.863. The van der Waals surface area contributed by atoms with E-state index < -0.39 is 0 Å². The number of carbonyl (C=O) groups excluding carboxylic acids is 1. The van der Waals surface area contributed by atoms with Gasteiger partial charge in [-0.3, -0.25) is 4.79 Å². The molecule has 5 nitrogen and oxygen atoms in total. The minimum Gasteiger partial charge on any atom is -0.372 e. The summed E-state index contributed by atoms with van der Waals surface area (Å²) in [6.07, 6.45) is 6.94. The third-order valence-electron chi connectivity index (χ3n) is 5.71. The van der Waals surface area contributed by atoms with E-state index in [2.05, 4.69) is 32.7 Å². The molecule has 2 aliphatic heterocycles. The van der Waals surface area contributed by atoms with Crippen molar-refractivity contribution in [1.82, 2.24) is 10.3 Å². The third-order valence-corrected chi connectivity index (χ3v) is 6.48. The fourth-order valence-corrected chi connectivity index (χ4v) is 4.75. The standard InChI is InChI=1S/C20H26N4OS/c25-19(20-22-11-14-26-20)23-17-1-3-18(4-2-17)24-12-7-16(8-13-24)15-5-9-21-10-6-15/h1-4,11,14-16,21H,5-10,12-13H2,(H,23,25). The van der Waals surface area contributed by atoms with Crippen molar-refractivity contribution in [3.8, 4) is 0 Å². The first kappa shape index (κ1) is 17.5. The van der Waals surface area contributed by atoms with Gasteiger partial charge in [0.1, 0.15) is 0 Å². The molecule has 0 saturated carbocycles. The summed E-state index contributed by atoms with van der Waals surface area (Å²) in [7, 11) is 0. The summed E-state index contributed by atoms with van der Waals surface area (Å²) in [5.41, 5.74) is 2.07. The van der Waals surface area contributed by atoms with Crippen molar-refractivity contribution in [3.05, 3.63) is 40.8 Å². The van der Waals surface area contributed by atoms with Gasteiger partial charge in [0.2, 0.25) is 0 Å². The van der Waals surface area contributed by atoms with Crippen molar-refractivity contribution < 1.29 is 4.79 Å². The molecule has 26 heavy (non-hydrogen) atoms. The maximum Gasteiger partial charge on any atom is 0.284 e. The molecule has 0 atom stereocenters. The second-order valence-corrected chi connectivity index (χ2v) is 8.14. The predicted octanol–water partition coefficient (Wildman–Crippen LogP) is 3.61. The van der Waals surface area contributed by atoms with E-state index in [9.17, 15) is 4.79 Å². The van der Waals surface area contributed by atoms with Gasteiger partial charge in [0.15, 0.2) is 5.01 Å². The Labute approximate surface area is 158 Å². The van der Waals surface area contributed by atoms with E-state index in [0.29, 0.717) is 5.01 Å². The second kappa shape index (κ2) is 8.18. The monoisotopic (exact) mass is 370 g/mol. The summed E-state index contributed by atoms with van der Waals surface area (Å²) in [4.78, 5) is 18.6. The fraction of sp³-hybridized carbons (Fsp3) is 0.500. The van der Waals surface area contributed by atoms with Gasteiger partial charge in [0.05, 0.1) is 0 Å². The number of anilines is 2. The summed E-state index contributed by atoms with van der Waals surface area (Å²) in [5, 5.41) is 8.69. The second-order valence-electron chi connectivity index (χ2n) is 7.25. The maximum absolute atomic E-state index is 12.1. The van der Waals surface area contributed by atoms with Crippen molar-refractivity contribution in [3.63, 3.8) is 0 Å². The van der Waals surface area contributed by atoms with E-state index >= 15 is 0 Å². The number of thiazole rings is 1. The molecule has 2 aromatic rings. The average Bonchev–Trinajstić information content (AvgIpc) is 3.25. The molecule has 3 heterocycles. The molecular weight excluding hydrogens is 344 g/mol. The van der Waals surface area contributed by atoms with Crippen molar-refractivity contribution in [2.24, 2.45) is 11.8 Å². The van der Waals surface area contributed by atoms with Crippen LogP contribution in [0.3, 0.4) is 0 Å². The van der Waals surface area contributed by atoms with E-state index in [1.54, 1.807) is 6.20 Å². The molecule has 2 fully saturated rings. The Hall–Kier alpha value is -1.92. The molecule has 1 aromatic carbocycles. The average molecular weight is 371 g/mol. The lowest BCUT2D eigenvalue weighted by molar-refractivity contribution is 0.102. The minimum atomic E-state index is -0.143. The Kier molecular flexibility index (Phi) is 5.51. The summed E-state index contributed by atoms with van der Waals surface area (Å²) in [6, 6.07) is 8.20. The lowest BCUT2D eigenvalue weighted by Gasteiger charge is -2.38. The minimum absolute atomic E-state index is 0.143. The van der Waals surface area contributed by atoms with Gasteiger partial charge in [0, 0.05) is 36.0 Å². The predicted molar refractivity (Wildman–Crippen MR) is 107 cm³/mol. The highest BCUT2D eigenvalue weighted by Gasteiger charge is 2.27. The molecule has 2 aliphatic rings. The molecular formula is C20H26N4OS. The van der Waals surface area contributed by atoms with Crippen LogP contribution >= 0.6 is 11.3 Å². The molecule has 138 valence electrons. The zero-order valence-corrected chi connectivity index (χ0v) is 15.8. The van der Waals surface area contributed by atoms with Gasteiger partial charge < -0.3 is 15.5 Å². The molecule has 1 aromatic heterocycles. The van der Waals surface area contributed by atoms with E-state index in [1.807, 2.05) is 17.5 Å². The van der Waals surface area contributed by atoms with Crippen molar-refractivity contribution in [2.75, 3.05) is 36.4 Å². The molecule has 1 amide bonds. The van der Waals surface area contributed by atoms with Gasteiger partial charge in [-0.25, -0.2) is 4.98 Å². The van der Waals surface area contributed by atoms with E-state index in [-0.39, 0.29) is 5.91 Å². The summed E-state index contributed by atoms with van der Waals surface area (Å²) in [6.45, 7) is 4.66. The molecule has 2 saturated heterocycles. The number of carbonyl (C=O) groups is 1. The molecule has 0 bridgehead atoms. The summed E-state index contributed by atoms with van der Waals surface area (Å²) >= 11 is 1.35. The molecule has 0 radical (unpaired) electrons. The molecule has 0 spiro atoms. The van der Waals surface area contributed by atoms with E-state index in [4.69, 9.17) is 0 Å². The van der Waals surface area contributed by atoms with Crippen LogP contribution in [0, 0.1) is 11.8 Å². The van der Waals surface area contributed by atoms with Gasteiger partial charge >= 0.3 is 0 Å². The number of hydrogen-bond acceptors (Lipinski definition) is 5. The first-order valence-corrected chi connectivity index (χ1v) is 10.4. The number of hydrogen-bond donors (Lipinski definition) is 2. The zero-order chi connectivity index (χ0) is 17.8. The van der Waals surface area contributed by atoms with Gasteiger partial charge in [-0.1, -0.05) is 0 Å². The van der Waals surface area contributed by atoms with Crippen LogP contribution in [0.2, 0.25) is 0 Å². The molecule has 0 aliphatic carbocycles. The lowest BCUT2D eigenvalue weighted by atomic mass is 9.79. The molecule has 2 N–H and O–H groups in total. The van der Waals surface area contributed by atoms with Crippen LogP contribution in [0.15, 0.2) is 35.8 Å². The maximum atomic E-state index is 12.1. The highest BCUT2D eigenvalue weighted by atomic mass is 32.1. The summed E-state index contributed by atoms with van der Waals surface area (Å²) < 4.78 is 0. The number of aromatic nitrogens is 1. The Morgan fingerprint density at radius 3 is 2.42 bits per heavy atom. The Bertz CT molecular complexity index is 702. The van der Waals surface area contributed by atoms with Crippen LogP contribution in [0.25, 0.3) is 0 Å². The summed E-state index contributed by atoms with van der Waals surface area (Å²) in [5.74, 6) is 1.67. The van der Waals surface area contributed by atoms with Crippen LogP contribution in [-0.2, 0) is 0 Å². The first-order chi connectivity index (χ1) is 12.8. The number of benzene rings is 1. The smallest absolute Gasteiger partial charge is 0.284 e. The molecule has 4 rings (SSSR count). The number of amides is 1. The fourth-order valence-electron chi connectivity index (χ4n) is 4.22. The van der Waals surface area contributed by atoms with Gasteiger partial charge in [-0.15, -0.1) is 11.3 Å². The topological polar surface area (TPSA) is 57.3 Å². The zero-order valence-electron chi connectivity index (χ0n) is 15.0. The van der Waals surface area contributed by atoms with Gasteiger partial charge in [0.25, 0.3) is 5.91 Å². The highest BCUT2D eigenvalue weighted by Crippen LogP contribution is 2.32. The molecule has 0 unspecified atom stereocenters. The van der Waals surface area contributed by atoms with Crippen LogP contribution in [0.5, 0.6) is 0 Å².